The number of nitrogens with one attached hydrogen (secondary N) is 1. The summed E-state index contributed by atoms with van der Waals surface area (Å²) in [7, 11) is 1.67. The molecule has 126 valence electrons. The van der Waals surface area contributed by atoms with E-state index in [1.807, 2.05) is 11.0 Å². The number of aliphatic hydroxyl groups excluding tert-OH is 1. The molecule has 1 fully saturated rings. The maximum atomic E-state index is 12.5. The van der Waals surface area contributed by atoms with E-state index in [1.54, 1.807) is 7.11 Å². The Balaban J connectivity index is 1.56. The molecule has 0 bridgehead atoms. The average molecular weight is 318 g/mol. The van der Waals surface area contributed by atoms with Crippen LogP contribution in [0.3, 0.4) is 0 Å². The quantitative estimate of drug-likeness (QED) is 0.834. The van der Waals surface area contributed by atoms with Crippen LogP contribution in [0.2, 0.25) is 0 Å². The molecule has 3 rings (SSSR count). The van der Waals surface area contributed by atoms with Gasteiger partial charge in [0.25, 0.3) is 0 Å². The third-order valence-corrected chi connectivity index (χ3v) is 5.01. The van der Waals surface area contributed by atoms with Crippen LogP contribution in [0.5, 0.6) is 5.75 Å². The molecular weight excluding hydrogens is 292 g/mol. The summed E-state index contributed by atoms with van der Waals surface area (Å²) in [6.45, 7) is 3.60. The van der Waals surface area contributed by atoms with Gasteiger partial charge in [0.15, 0.2) is 0 Å². The highest BCUT2D eigenvalue weighted by Crippen LogP contribution is 2.33. The molecule has 2 aliphatic rings. The third kappa shape index (κ3) is 3.67. The first-order chi connectivity index (χ1) is 11.1. The maximum absolute atomic E-state index is 12.5. The van der Waals surface area contributed by atoms with Gasteiger partial charge in [0.2, 0.25) is 5.91 Å². The molecular formula is C18H26N2O3. The van der Waals surface area contributed by atoms with E-state index < -0.39 is 0 Å². The molecule has 0 saturated heterocycles. The van der Waals surface area contributed by atoms with Gasteiger partial charge < -0.3 is 20.1 Å². The largest absolute Gasteiger partial charge is 0.497 e. The minimum atomic E-state index is -0.310. The molecule has 23 heavy (non-hydrogen) atoms. The van der Waals surface area contributed by atoms with Gasteiger partial charge in [-0.3, -0.25) is 4.79 Å². The molecule has 1 saturated carbocycles. The zero-order valence-corrected chi connectivity index (χ0v) is 13.9. The van der Waals surface area contributed by atoms with E-state index in [9.17, 15) is 9.90 Å². The standard InChI is InChI=1S/C18H26N2O3/c1-12-16-6-5-15(23-2)9-14(16)7-8-20(12)18(22)11-19-10-17(21)13-3-4-13/h5-6,9,12-13,17,19,21H,3-4,7-8,10-11H2,1-2H3. The van der Waals surface area contributed by atoms with Crippen molar-refractivity contribution in [3.8, 4) is 5.75 Å². The minimum Gasteiger partial charge on any atom is -0.497 e. The van der Waals surface area contributed by atoms with Crippen LogP contribution in [-0.4, -0.2) is 48.8 Å². The molecule has 5 nitrogen and oxygen atoms in total. The molecule has 1 aromatic rings. The van der Waals surface area contributed by atoms with Crippen molar-refractivity contribution in [2.24, 2.45) is 5.92 Å². The van der Waals surface area contributed by atoms with Crippen LogP contribution in [0.4, 0.5) is 0 Å². The Bertz CT molecular complexity index is 571. The highest BCUT2D eigenvalue weighted by molar-refractivity contribution is 5.79. The van der Waals surface area contributed by atoms with Crippen LogP contribution in [0.1, 0.15) is 36.9 Å². The lowest BCUT2D eigenvalue weighted by molar-refractivity contribution is -0.132. The number of nitrogens with zero attached hydrogens (tertiary/aromatic N) is 1. The molecule has 1 aromatic carbocycles. The maximum Gasteiger partial charge on any atom is 0.237 e. The van der Waals surface area contributed by atoms with E-state index >= 15 is 0 Å². The lowest BCUT2D eigenvalue weighted by atomic mass is 9.93. The number of amides is 1. The summed E-state index contributed by atoms with van der Waals surface area (Å²) in [5.41, 5.74) is 2.46. The summed E-state index contributed by atoms with van der Waals surface area (Å²) in [5.74, 6) is 1.40. The molecule has 5 heteroatoms. The van der Waals surface area contributed by atoms with Crippen LogP contribution in [0.15, 0.2) is 18.2 Å². The number of hydrogen-bond donors (Lipinski definition) is 2. The number of ether oxygens (including phenoxy) is 1. The fourth-order valence-corrected chi connectivity index (χ4v) is 3.35. The van der Waals surface area contributed by atoms with Crippen LogP contribution in [-0.2, 0) is 11.2 Å². The number of carbonyl (C=O) groups excluding carboxylic acids is 1. The number of benzene rings is 1. The second-order valence-electron chi connectivity index (χ2n) is 6.61. The first kappa shape index (κ1) is 16.3. The van der Waals surface area contributed by atoms with E-state index in [0.29, 0.717) is 19.0 Å². The molecule has 2 atom stereocenters. The van der Waals surface area contributed by atoms with Gasteiger partial charge in [-0.2, -0.15) is 0 Å². The van der Waals surface area contributed by atoms with Crippen molar-refractivity contribution in [1.82, 2.24) is 10.2 Å². The van der Waals surface area contributed by atoms with Crippen molar-refractivity contribution in [1.29, 1.82) is 0 Å². The topological polar surface area (TPSA) is 61.8 Å². The van der Waals surface area contributed by atoms with Crippen molar-refractivity contribution in [3.05, 3.63) is 29.3 Å². The fraction of sp³-hybridized carbons (Fsp3) is 0.611. The number of hydrogen-bond acceptors (Lipinski definition) is 4. The molecule has 1 aliphatic carbocycles. The highest BCUT2D eigenvalue weighted by Gasteiger charge is 2.30. The van der Waals surface area contributed by atoms with Crippen molar-refractivity contribution in [2.45, 2.75) is 38.3 Å². The summed E-state index contributed by atoms with van der Waals surface area (Å²) in [5, 5.41) is 12.9. The molecule has 0 aromatic heterocycles. The van der Waals surface area contributed by atoms with E-state index in [0.717, 1.165) is 31.6 Å². The van der Waals surface area contributed by atoms with Crippen LogP contribution < -0.4 is 10.1 Å². The van der Waals surface area contributed by atoms with E-state index in [2.05, 4.69) is 24.4 Å². The predicted molar refractivity (Wildman–Crippen MR) is 88.4 cm³/mol. The number of aliphatic hydroxyl groups is 1. The van der Waals surface area contributed by atoms with Gasteiger partial charge in [-0.25, -0.2) is 0 Å². The molecule has 1 heterocycles. The fourth-order valence-electron chi connectivity index (χ4n) is 3.35. The Kier molecular flexibility index (Phi) is 4.87. The smallest absolute Gasteiger partial charge is 0.237 e. The Labute approximate surface area is 137 Å². The Morgan fingerprint density at radius 2 is 2.26 bits per heavy atom. The van der Waals surface area contributed by atoms with Gasteiger partial charge in [0.05, 0.1) is 25.8 Å². The van der Waals surface area contributed by atoms with Crippen LogP contribution in [0.25, 0.3) is 0 Å². The molecule has 1 aliphatic heterocycles. The van der Waals surface area contributed by atoms with Gasteiger partial charge in [-0.15, -0.1) is 0 Å². The van der Waals surface area contributed by atoms with Crippen LogP contribution >= 0.6 is 0 Å². The lowest BCUT2D eigenvalue weighted by Crippen LogP contribution is -2.44. The molecule has 0 spiro atoms. The van der Waals surface area contributed by atoms with Crippen molar-refractivity contribution >= 4 is 5.91 Å². The van der Waals surface area contributed by atoms with Crippen molar-refractivity contribution in [3.63, 3.8) is 0 Å². The number of methoxy groups -OCH3 is 1. The molecule has 1 amide bonds. The number of carbonyl (C=O) groups is 1. The predicted octanol–water partition coefficient (Wildman–Crippen LogP) is 1.50. The lowest BCUT2D eigenvalue weighted by Gasteiger charge is -2.35. The van der Waals surface area contributed by atoms with Crippen molar-refractivity contribution in [2.75, 3.05) is 26.7 Å². The highest BCUT2D eigenvalue weighted by atomic mass is 16.5. The van der Waals surface area contributed by atoms with E-state index in [-0.39, 0.29) is 18.1 Å². The van der Waals surface area contributed by atoms with Crippen molar-refractivity contribution < 1.29 is 14.6 Å². The van der Waals surface area contributed by atoms with Gasteiger partial charge in [0, 0.05) is 13.1 Å². The molecule has 2 N–H and O–H groups in total. The monoisotopic (exact) mass is 318 g/mol. The van der Waals surface area contributed by atoms with E-state index in [1.165, 1.54) is 11.1 Å². The Morgan fingerprint density at radius 1 is 1.48 bits per heavy atom. The Morgan fingerprint density at radius 3 is 2.96 bits per heavy atom. The zero-order chi connectivity index (χ0) is 16.4. The molecule has 2 unspecified atom stereocenters. The van der Waals surface area contributed by atoms with Gasteiger partial charge in [-0.1, -0.05) is 6.07 Å². The summed E-state index contributed by atoms with van der Waals surface area (Å²) in [4.78, 5) is 14.4. The average Bonchev–Trinajstić information content (AvgIpc) is 3.39. The number of fused-ring (bicyclic) bond motifs is 1. The van der Waals surface area contributed by atoms with E-state index in [4.69, 9.17) is 4.74 Å². The van der Waals surface area contributed by atoms with Crippen LogP contribution in [0, 0.1) is 5.92 Å². The van der Waals surface area contributed by atoms with Gasteiger partial charge >= 0.3 is 0 Å². The normalized spacial score (nSPS) is 21.7. The summed E-state index contributed by atoms with van der Waals surface area (Å²) in [6.07, 6.45) is 2.77. The zero-order valence-electron chi connectivity index (χ0n) is 13.9. The molecule has 0 radical (unpaired) electrons. The summed E-state index contributed by atoms with van der Waals surface area (Å²) in [6, 6.07) is 6.15. The number of rotatable bonds is 6. The first-order valence-corrected chi connectivity index (χ1v) is 8.45. The van der Waals surface area contributed by atoms with Gasteiger partial charge in [0.1, 0.15) is 5.75 Å². The SMILES string of the molecule is COc1ccc2c(c1)CCN(C(=O)CNCC(O)C1CC1)C2C. The minimum absolute atomic E-state index is 0.0762. The summed E-state index contributed by atoms with van der Waals surface area (Å²) < 4.78 is 5.28. The third-order valence-electron chi connectivity index (χ3n) is 5.01. The van der Waals surface area contributed by atoms with Gasteiger partial charge in [-0.05, 0) is 55.4 Å². The summed E-state index contributed by atoms with van der Waals surface area (Å²) >= 11 is 0. The first-order valence-electron chi connectivity index (χ1n) is 8.45. The second-order valence-corrected chi connectivity index (χ2v) is 6.61. The second kappa shape index (κ2) is 6.89. The Hall–Kier alpha value is -1.59.